The summed E-state index contributed by atoms with van der Waals surface area (Å²) in [5.74, 6) is 0.534. The Balaban J connectivity index is 2.31. The van der Waals surface area contributed by atoms with Gasteiger partial charge in [0.15, 0.2) is 0 Å². The maximum absolute atomic E-state index is 11.6. The fraction of sp³-hybridized carbons (Fsp3) is 0.429. The SMILES string of the molecule is OCc1ccc(COSC(F)(F)F)o1. The van der Waals surface area contributed by atoms with E-state index in [1.54, 1.807) is 0 Å². The standard InChI is InChI=1S/C7H7F3O3S/c8-7(9,10)14-12-4-6-2-1-5(3-11)13-6/h1-2,11H,3-4H2. The van der Waals surface area contributed by atoms with Crippen molar-refractivity contribution in [3.05, 3.63) is 23.7 Å². The molecule has 0 unspecified atom stereocenters. The Labute approximate surface area is 82.1 Å². The number of halogens is 3. The lowest BCUT2D eigenvalue weighted by molar-refractivity contribution is -0.0403. The number of rotatable bonds is 4. The second-order valence-corrected chi connectivity index (χ2v) is 3.18. The van der Waals surface area contributed by atoms with Gasteiger partial charge in [-0.05, 0) is 12.1 Å². The molecule has 0 aliphatic heterocycles. The molecular weight excluding hydrogens is 221 g/mol. The van der Waals surface area contributed by atoms with Crippen LogP contribution in [0.5, 0.6) is 0 Å². The van der Waals surface area contributed by atoms with Crippen LogP contribution in [0.3, 0.4) is 0 Å². The predicted octanol–water partition coefficient (Wildman–Crippen LogP) is 2.46. The van der Waals surface area contributed by atoms with Crippen LogP contribution in [0.1, 0.15) is 11.5 Å². The van der Waals surface area contributed by atoms with Gasteiger partial charge in [0.1, 0.15) is 36.8 Å². The van der Waals surface area contributed by atoms with Gasteiger partial charge in [-0.25, -0.2) is 0 Å². The van der Waals surface area contributed by atoms with Gasteiger partial charge in [-0.1, -0.05) is 0 Å². The summed E-state index contributed by atoms with van der Waals surface area (Å²) < 4.78 is 43.9. The Kier molecular flexibility index (Phi) is 3.85. The van der Waals surface area contributed by atoms with Crippen LogP contribution in [-0.4, -0.2) is 10.6 Å². The molecule has 3 nitrogen and oxygen atoms in total. The summed E-state index contributed by atoms with van der Waals surface area (Å²) >= 11 is -0.577. The van der Waals surface area contributed by atoms with E-state index in [-0.39, 0.29) is 19.0 Å². The number of aliphatic hydroxyl groups is 1. The zero-order chi connectivity index (χ0) is 10.6. The van der Waals surface area contributed by atoms with Crippen molar-refractivity contribution in [2.45, 2.75) is 18.7 Å². The lowest BCUT2D eigenvalue weighted by atomic mass is 10.4. The van der Waals surface area contributed by atoms with E-state index < -0.39 is 17.6 Å². The summed E-state index contributed by atoms with van der Waals surface area (Å²) in [6.07, 6.45) is 0. The number of hydrogen-bond donors (Lipinski definition) is 1. The number of aliphatic hydroxyl groups excluding tert-OH is 1. The largest absolute Gasteiger partial charge is 0.467 e. The fourth-order valence-corrected chi connectivity index (χ4v) is 1.05. The summed E-state index contributed by atoms with van der Waals surface area (Å²) in [5.41, 5.74) is -4.41. The molecule has 0 spiro atoms. The number of hydrogen-bond acceptors (Lipinski definition) is 4. The van der Waals surface area contributed by atoms with Gasteiger partial charge < -0.3 is 9.52 Å². The average molecular weight is 228 g/mol. The van der Waals surface area contributed by atoms with Gasteiger partial charge in [-0.2, -0.15) is 13.2 Å². The molecule has 7 heteroatoms. The minimum Gasteiger partial charge on any atom is -0.461 e. The summed E-state index contributed by atoms with van der Waals surface area (Å²) in [7, 11) is 0. The zero-order valence-corrected chi connectivity index (χ0v) is 7.69. The highest BCUT2D eigenvalue weighted by Crippen LogP contribution is 2.31. The van der Waals surface area contributed by atoms with Crippen LogP contribution < -0.4 is 0 Å². The van der Waals surface area contributed by atoms with Crippen LogP contribution in [0.15, 0.2) is 16.5 Å². The molecule has 0 aromatic carbocycles. The molecule has 0 saturated carbocycles. The van der Waals surface area contributed by atoms with Crippen molar-refractivity contribution in [1.82, 2.24) is 0 Å². The molecule has 1 heterocycles. The summed E-state index contributed by atoms with van der Waals surface area (Å²) in [6.45, 7) is -0.573. The Morgan fingerprint density at radius 1 is 1.36 bits per heavy atom. The van der Waals surface area contributed by atoms with Crippen LogP contribution in [0.25, 0.3) is 0 Å². The molecule has 1 aromatic heterocycles. The lowest BCUT2D eigenvalue weighted by Crippen LogP contribution is -2.00. The molecule has 1 rings (SSSR count). The van der Waals surface area contributed by atoms with Crippen LogP contribution in [-0.2, 0) is 17.4 Å². The normalized spacial score (nSPS) is 12.0. The summed E-state index contributed by atoms with van der Waals surface area (Å²) in [6, 6.07) is 2.92. The fourth-order valence-electron chi connectivity index (χ4n) is 0.739. The number of furan rings is 1. The predicted molar refractivity (Wildman–Crippen MR) is 43.1 cm³/mol. The van der Waals surface area contributed by atoms with Crippen LogP contribution >= 0.6 is 12.0 Å². The zero-order valence-electron chi connectivity index (χ0n) is 6.87. The summed E-state index contributed by atoms with van der Waals surface area (Å²) in [4.78, 5) is 0. The molecule has 0 saturated heterocycles. The molecule has 0 amide bonds. The van der Waals surface area contributed by atoms with E-state index in [1.165, 1.54) is 12.1 Å². The molecule has 0 bridgehead atoms. The van der Waals surface area contributed by atoms with E-state index in [1.807, 2.05) is 0 Å². The van der Waals surface area contributed by atoms with Crippen molar-refractivity contribution in [3.8, 4) is 0 Å². The third kappa shape index (κ3) is 4.03. The third-order valence-corrected chi connectivity index (χ3v) is 1.65. The summed E-state index contributed by atoms with van der Waals surface area (Å²) in [5, 5.41) is 8.59. The second-order valence-electron chi connectivity index (χ2n) is 2.32. The Hall–Kier alpha value is -0.660. The molecule has 1 aromatic rings. The van der Waals surface area contributed by atoms with E-state index in [9.17, 15) is 13.2 Å². The van der Waals surface area contributed by atoms with Crippen LogP contribution in [0.2, 0.25) is 0 Å². The molecule has 80 valence electrons. The van der Waals surface area contributed by atoms with Gasteiger partial charge in [-0.3, -0.25) is 4.18 Å². The third-order valence-electron chi connectivity index (χ3n) is 1.23. The van der Waals surface area contributed by atoms with Crippen molar-refractivity contribution >= 4 is 12.0 Å². The quantitative estimate of drug-likeness (QED) is 0.804. The topological polar surface area (TPSA) is 42.6 Å². The van der Waals surface area contributed by atoms with Crippen LogP contribution in [0.4, 0.5) is 13.2 Å². The molecule has 0 aliphatic carbocycles. The van der Waals surface area contributed by atoms with Gasteiger partial charge in [-0.15, -0.1) is 0 Å². The van der Waals surface area contributed by atoms with E-state index in [2.05, 4.69) is 4.18 Å². The van der Waals surface area contributed by atoms with Crippen LogP contribution in [0, 0.1) is 0 Å². The molecule has 14 heavy (non-hydrogen) atoms. The Bertz CT molecular complexity index is 284. The van der Waals surface area contributed by atoms with Crippen molar-refractivity contribution in [3.63, 3.8) is 0 Å². The molecular formula is C7H7F3O3S. The highest BCUT2D eigenvalue weighted by atomic mass is 32.2. The monoisotopic (exact) mass is 228 g/mol. The highest BCUT2D eigenvalue weighted by Gasteiger charge is 2.30. The highest BCUT2D eigenvalue weighted by molar-refractivity contribution is 7.95. The van der Waals surface area contributed by atoms with E-state index in [0.29, 0.717) is 5.76 Å². The van der Waals surface area contributed by atoms with Crippen molar-refractivity contribution in [2.75, 3.05) is 0 Å². The maximum atomic E-state index is 11.6. The first-order valence-electron chi connectivity index (χ1n) is 3.57. The second kappa shape index (κ2) is 4.72. The molecule has 0 atom stereocenters. The van der Waals surface area contributed by atoms with Crippen molar-refractivity contribution in [2.24, 2.45) is 0 Å². The van der Waals surface area contributed by atoms with E-state index in [4.69, 9.17) is 9.52 Å². The lowest BCUT2D eigenvalue weighted by Gasteiger charge is -2.03. The molecule has 0 fully saturated rings. The molecule has 1 N–H and O–H groups in total. The van der Waals surface area contributed by atoms with Gasteiger partial charge in [0.25, 0.3) is 0 Å². The van der Waals surface area contributed by atoms with Gasteiger partial charge >= 0.3 is 5.51 Å². The van der Waals surface area contributed by atoms with Gasteiger partial charge in [0.2, 0.25) is 0 Å². The Morgan fingerprint density at radius 3 is 2.50 bits per heavy atom. The minimum absolute atomic E-state index is 0.241. The first kappa shape index (κ1) is 11.4. The first-order valence-corrected chi connectivity index (χ1v) is 4.31. The van der Waals surface area contributed by atoms with Gasteiger partial charge in [0, 0.05) is 0 Å². The maximum Gasteiger partial charge on any atom is 0.467 e. The van der Waals surface area contributed by atoms with Crippen molar-refractivity contribution < 1.29 is 26.9 Å². The molecule has 0 aliphatic rings. The first-order chi connectivity index (χ1) is 6.51. The smallest absolute Gasteiger partial charge is 0.461 e. The molecule has 0 radical (unpaired) electrons. The Morgan fingerprint density at radius 2 is 2.00 bits per heavy atom. The van der Waals surface area contributed by atoms with Crippen molar-refractivity contribution in [1.29, 1.82) is 0 Å². The van der Waals surface area contributed by atoms with E-state index in [0.717, 1.165) is 0 Å². The average Bonchev–Trinajstić information content (AvgIpc) is 2.50. The number of alkyl halides is 3. The minimum atomic E-state index is -4.41. The van der Waals surface area contributed by atoms with Gasteiger partial charge in [0.05, 0.1) is 0 Å². The van der Waals surface area contributed by atoms with E-state index >= 15 is 0 Å².